The van der Waals surface area contributed by atoms with Gasteiger partial charge in [-0.1, -0.05) is 6.92 Å². The van der Waals surface area contributed by atoms with Gasteiger partial charge in [0.1, 0.15) is 0 Å². The van der Waals surface area contributed by atoms with Gasteiger partial charge in [-0.25, -0.2) is 8.42 Å². The predicted octanol–water partition coefficient (Wildman–Crippen LogP) is 1.36. The summed E-state index contributed by atoms with van der Waals surface area (Å²) in [5.74, 6) is 1.82. The first-order valence-corrected chi connectivity index (χ1v) is 9.50. The minimum absolute atomic E-state index is 0. The number of hydrogen-bond donors (Lipinski definition) is 1. The summed E-state index contributed by atoms with van der Waals surface area (Å²) in [6, 6.07) is 0. The third kappa shape index (κ3) is 8.52. The summed E-state index contributed by atoms with van der Waals surface area (Å²) >= 11 is 0. The first kappa shape index (κ1) is 21.9. The molecule has 1 N–H and O–H groups in total. The number of rotatable bonds is 7. The average Bonchev–Trinajstić information content (AvgIpc) is 2.50. The van der Waals surface area contributed by atoms with Gasteiger partial charge < -0.3 is 15.0 Å². The maximum atomic E-state index is 11.5. The van der Waals surface area contributed by atoms with Gasteiger partial charge in [0, 0.05) is 46.2 Å². The van der Waals surface area contributed by atoms with Gasteiger partial charge in [-0.3, -0.25) is 4.99 Å². The molecule has 0 aromatic carbocycles. The van der Waals surface area contributed by atoms with Crippen LogP contribution in [0, 0.1) is 5.92 Å². The molecule has 0 aliphatic carbocycles. The zero-order valence-electron chi connectivity index (χ0n) is 13.9. The van der Waals surface area contributed by atoms with E-state index >= 15 is 0 Å². The quantitative estimate of drug-likeness (QED) is 0.363. The van der Waals surface area contributed by atoms with Gasteiger partial charge in [0.25, 0.3) is 0 Å². The Morgan fingerprint density at radius 1 is 1.36 bits per heavy atom. The van der Waals surface area contributed by atoms with E-state index < -0.39 is 9.84 Å². The Kier molecular flexibility index (Phi) is 11.4. The highest BCUT2D eigenvalue weighted by Crippen LogP contribution is 2.18. The number of hydrogen-bond acceptors (Lipinski definition) is 4. The Morgan fingerprint density at radius 2 is 2.00 bits per heavy atom. The van der Waals surface area contributed by atoms with Crippen LogP contribution in [-0.4, -0.2) is 71.2 Å². The van der Waals surface area contributed by atoms with Crippen LogP contribution >= 0.6 is 24.0 Å². The lowest BCUT2D eigenvalue weighted by atomic mass is 9.96. The lowest BCUT2D eigenvalue weighted by molar-refractivity contribution is 0.0625. The highest BCUT2D eigenvalue weighted by molar-refractivity contribution is 14.0. The molecule has 22 heavy (non-hydrogen) atoms. The van der Waals surface area contributed by atoms with E-state index in [9.17, 15) is 8.42 Å². The van der Waals surface area contributed by atoms with E-state index in [0.29, 0.717) is 6.54 Å². The molecule has 132 valence electrons. The van der Waals surface area contributed by atoms with E-state index in [-0.39, 0.29) is 35.5 Å². The number of sulfone groups is 1. The first-order chi connectivity index (χ1) is 9.98. The van der Waals surface area contributed by atoms with Crippen LogP contribution in [0.4, 0.5) is 0 Å². The second kappa shape index (κ2) is 11.4. The molecule has 1 aliphatic heterocycles. The third-order valence-corrected chi connectivity index (χ3v) is 5.63. The summed E-state index contributed by atoms with van der Waals surface area (Å²) in [7, 11) is 0.784. The highest BCUT2D eigenvalue weighted by Gasteiger charge is 2.15. The fourth-order valence-corrected chi connectivity index (χ4v) is 3.07. The molecule has 1 aliphatic rings. The molecule has 8 heteroatoms. The number of guanidine groups is 1. The molecular weight excluding hydrogens is 417 g/mol. The van der Waals surface area contributed by atoms with Crippen LogP contribution in [0.15, 0.2) is 4.99 Å². The molecule has 0 saturated carbocycles. The normalized spacial score (nSPS) is 17.0. The number of nitrogens with one attached hydrogen (secondary N) is 1. The van der Waals surface area contributed by atoms with Gasteiger partial charge in [0.05, 0.1) is 5.75 Å². The van der Waals surface area contributed by atoms with Crippen molar-refractivity contribution < 1.29 is 13.2 Å². The average molecular weight is 447 g/mol. The van der Waals surface area contributed by atoms with E-state index in [0.717, 1.165) is 50.9 Å². The van der Waals surface area contributed by atoms with Crippen LogP contribution in [0.1, 0.15) is 26.2 Å². The Morgan fingerprint density at radius 3 is 2.55 bits per heavy atom. The monoisotopic (exact) mass is 447 g/mol. The number of nitrogens with zero attached hydrogens (tertiary/aromatic N) is 2. The van der Waals surface area contributed by atoms with Gasteiger partial charge in [0.2, 0.25) is 0 Å². The van der Waals surface area contributed by atoms with E-state index in [1.165, 1.54) is 0 Å². The van der Waals surface area contributed by atoms with Crippen molar-refractivity contribution in [2.24, 2.45) is 10.9 Å². The molecule has 0 atom stereocenters. The van der Waals surface area contributed by atoms with Crippen LogP contribution in [0.5, 0.6) is 0 Å². The van der Waals surface area contributed by atoms with E-state index in [2.05, 4.69) is 15.2 Å². The topological polar surface area (TPSA) is 71.0 Å². The van der Waals surface area contributed by atoms with Crippen molar-refractivity contribution >= 4 is 39.8 Å². The van der Waals surface area contributed by atoms with Crippen LogP contribution in [0.3, 0.4) is 0 Å². The molecule has 0 spiro atoms. The van der Waals surface area contributed by atoms with Gasteiger partial charge in [-0.15, -0.1) is 24.0 Å². The Labute approximate surface area is 152 Å². The second-order valence-electron chi connectivity index (χ2n) is 5.48. The molecule has 0 aromatic heterocycles. The summed E-state index contributed by atoms with van der Waals surface area (Å²) in [6.07, 6.45) is 3.39. The summed E-state index contributed by atoms with van der Waals surface area (Å²) < 4.78 is 28.3. The van der Waals surface area contributed by atoms with Crippen molar-refractivity contribution in [3.63, 3.8) is 0 Å². The Hall–Kier alpha value is -0.0900. The van der Waals surface area contributed by atoms with Crippen molar-refractivity contribution in [3.05, 3.63) is 0 Å². The van der Waals surface area contributed by atoms with Crippen LogP contribution in [0.2, 0.25) is 0 Å². The molecule has 6 nitrogen and oxygen atoms in total. The molecule has 1 saturated heterocycles. The van der Waals surface area contributed by atoms with E-state index in [4.69, 9.17) is 4.74 Å². The fourth-order valence-electron chi connectivity index (χ4n) is 2.36. The van der Waals surface area contributed by atoms with Gasteiger partial charge in [0.15, 0.2) is 15.8 Å². The molecule has 1 fully saturated rings. The SMILES string of the molecule is CCS(=O)(=O)CCNC(=NC)N(C)CCC1CCOCC1.I. The molecule has 0 aromatic rings. The predicted molar refractivity (Wildman–Crippen MR) is 102 cm³/mol. The molecule has 0 unspecified atom stereocenters. The summed E-state index contributed by atoms with van der Waals surface area (Å²) in [5, 5.41) is 3.12. The zero-order chi connectivity index (χ0) is 15.7. The smallest absolute Gasteiger partial charge is 0.193 e. The van der Waals surface area contributed by atoms with E-state index in [1.807, 2.05) is 7.05 Å². The van der Waals surface area contributed by atoms with Crippen molar-refractivity contribution in [1.29, 1.82) is 0 Å². The van der Waals surface area contributed by atoms with Gasteiger partial charge in [-0.2, -0.15) is 0 Å². The highest BCUT2D eigenvalue weighted by atomic mass is 127. The number of aliphatic imine (C=N–C) groups is 1. The molecule has 0 radical (unpaired) electrons. The summed E-state index contributed by atoms with van der Waals surface area (Å²) in [5.41, 5.74) is 0. The van der Waals surface area contributed by atoms with Crippen molar-refractivity contribution in [1.82, 2.24) is 10.2 Å². The summed E-state index contributed by atoms with van der Waals surface area (Å²) in [4.78, 5) is 6.27. The summed E-state index contributed by atoms with van der Waals surface area (Å²) in [6.45, 7) is 4.74. The first-order valence-electron chi connectivity index (χ1n) is 7.68. The Balaban J connectivity index is 0.00000441. The standard InChI is InChI=1S/C14H29N3O3S.HI/c1-4-21(18,19)12-8-16-14(15-2)17(3)9-5-13-6-10-20-11-7-13;/h13H,4-12H2,1-3H3,(H,15,16);1H. The minimum atomic E-state index is -2.93. The number of halogens is 1. The molecule has 0 amide bonds. The van der Waals surface area contributed by atoms with Crippen molar-refractivity contribution in [3.8, 4) is 0 Å². The molecular formula is C14H30IN3O3S. The third-order valence-electron chi connectivity index (χ3n) is 3.92. The lowest BCUT2D eigenvalue weighted by Gasteiger charge is -2.26. The van der Waals surface area contributed by atoms with Crippen molar-refractivity contribution in [2.75, 3.05) is 51.9 Å². The zero-order valence-corrected chi connectivity index (χ0v) is 17.0. The second-order valence-corrected chi connectivity index (χ2v) is 7.95. The van der Waals surface area contributed by atoms with Gasteiger partial charge >= 0.3 is 0 Å². The molecule has 0 bridgehead atoms. The maximum Gasteiger partial charge on any atom is 0.193 e. The minimum Gasteiger partial charge on any atom is -0.381 e. The van der Waals surface area contributed by atoms with E-state index in [1.54, 1.807) is 14.0 Å². The lowest BCUT2D eigenvalue weighted by Crippen LogP contribution is -2.41. The van der Waals surface area contributed by atoms with Crippen LogP contribution in [-0.2, 0) is 14.6 Å². The van der Waals surface area contributed by atoms with Crippen LogP contribution < -0.4 is 5.32 Å². The Bertz CT molecular complexity index is 423. The fraction of sp³-hybridized carbons (Fsp3) is 0.929. The largest absolute Gasteiger partial charge is 0.381 e. The number of ether oxygens (including phenoxy) is 1. The van der Waals surface area contributed by atoms with Crippen molar-refractivity contribution in [2.45, 2.75) is 26.2 Å². The maximum absolute atomic E-state index is 11.5. The van der Waals surface area contributed by atoms with Crippen LogP contribution in [0.25, 0.3) is 0 Å². The molecule has 1 heterocycles. The molecule has 1 rings (SSSR count). The van der Waals surface area contributed by atoms with Gasteiger partial charge in [-0.05, 0) is 25.2 Å².